The second kappa shape index (κ2) is 7.09. The molecule has 0 spiro atoms. The average molecular weight is 307 g/mol. The number of anilines is 1. The van der Waals surface area contributed by atoms with E-state index in [1.165, 1.54) is 17.0 Å². The van der Waals surface area contributed by atoms with Gasteiger partial charge >= 0.3 is 0 Å². The monoisotopic (exact) mass is 307 g/mol. The fraction of sp³-hybridized carbons (Fsp3) is 0.562. The second-order valence-corrected chi connectivity index (χ2v) is 6.33. The van der Waals surface area contributed by atoms with E-state index < -0.39 is 0 Å². The van der Waals surface area contributed by atoms with Gasteiger partial charge in [-0.3, -0.25) is 0 Å². The molecule has 21 heavy (non-hydrogen) atoms. The molecule has 0 aliphatic rings. The molecule has 0 bridgehead atoms. The molecule has 0 saturated carbocycles. The Morgan fingerprint density at radius 2 is 2.19 bits per heavy atom. The predicted octanol–water partition coefficient (Wildman–Crippen LogP) is 4.09. The summed E-state index contributed by atoms with van der Waals surface area (Å²) in [6.07, 6.45) is 1.15. The summed E-state index contributed by atoms with van der Waals surface area (Å²) in [7, 11) is 1.72. The molecule has 5 heteroatoms. The molecule has 0 fully saturated rings. The molecule has 0 saturated heterocycles. The van der Waals surface area contributed by atoms with E-state index in [-0.39, 0.29) is 6.04 Å². The van der Waals surface area contributed by atoms with Crippen LogP contribution in [0.4, 0.5) is 5.13 Å². The van der Waals surface area contributed by atoms with Crippen LogP contribution < -0.4 is 5.32 Å². The van der Waals surface area contributed by atoms with Crippen LogP contribution in [-0.2, 0) is 11.3 Å². The first-order valence-corrected chi connectivity index (χ1v) is 8.32. The molecular formula is C16H25N3OS. The van der Waals surface area contributed by atoms with Crippen molar-refractivity contribution in [3.63, 3.8) is 0 Å². The van der Waals surface area contributed by atoms with Gasteiger partial charge in [-0.15, -0.1) is 11.3 Å². The van der Waals surface area contributed by atoms with E-state index in [0.29, 0.717) is 6.61 Å². The van der Waals surface area contributed by atoms with Crippen molar-refractivity contribution < 1.29 is 4.74 Å². The molecule has 0 aromatic carbocycles. The Labute approximate surface area is 131 Å². The highest BCUT2D eigenvalue weighted by Crippen LogP contribution is 2.30. The van der Waals surface area contributed by atoms with E-state index in [9.17, 15) is 0 Å². The van der Waals surface area contributed by atoms with Crippen LogP contribution in [0.1, 0.15) is 31.7 Å². The fourth-order valence-electron chi connectivity index (χ4n) is 2.59. The fourth-order valence-corrected chi connectivity index (χ4v) is 3.42. The van der Waals surface area contributed by atoms with Gasteiger partial charge in [0.15, 0.2) is 5.13 Å². The molecule has 0 unspecified atom stereocenters. The van der Waals surface area contributed by atoms with Gasteiger partial charge in [-0.05, 0) is 33.3 Å². The number of rotatable bonds is 7. The van der Waals surface area contributed by atoms with Gasteiger partial charge in [0.05, 0.1) is 12.3 Å². The van der Waals surface area contributed by atoms with Crippen LogP contribution in [0.5, 0.6) is 0 Å². The summed E-state index contributed by atoms with van der Waals surface area (Å²) >= 11 is 1.65. The van der Waals surface area contributed by atoms with E-state index in [1.807, 2.05) is 0 Å². The molecule has 0 aliphatic carbocycles. The van der Waals surface area contributed by atoms with Gasteiger partial charge in [0.25, 0.3) is 0 Å². The molecule has 1 N–H and O–H groups in total. The summed E-state index contributed by atoms with van der Waals surface area (Å²) in [6.45, 7) is 10.4. The third-order valence-electron chi connectivity index (χ3n) is 3.59. The summed E-state index contributed by atoms with van der Waals surface area (Å²) in [5.74, 6) is 0. The average Bonchev–Trinajstić information content (AvgIpc) is 2.99. The smallest absolute Gasteiger partial charge is 0.183 e. The van der Waals surface area contributed by atoms with E-state index in [0.717, 1.165) is 23.8 Å². The van der Waals surface area contributed by atoms with Crippen LogP contribution in [0.25, 0.3) is 11.3 Å². The number of hydrogen-bond donors (Lipinski definition) is 1. The van der Waals surface area contributed by atoms with Gasteiger partial charge in [0, 0.05) is 42.0 Å². The largest absolute Gasteiger partial charge is 0.383 e. The summed E-state index contributed by atoms with van der Waals surface area (Å²) in [5, 5.41) is 6.45. The number of methoxy groups -OCH3 is 1. The van der Waals surface area contributed by atoms with Crippen molar-refractivity contribution in [2.75, 3.05) is 19.0 Å². The lowest BCUT2D eigenvalue weighted by Gasteiger charge is -2.10. The van der Waals surface area contributed by atoms with E-state index in [4.69, 9.17) is 9.72 Å². The third-order valence-corrected chi connectivity index (χ3v) is 4.36. The Morgan fingerprint density at radius 1 is 1.43 bits per heavy atom. The van der Waals surface area contributed by atoms with Gasteiger partial charge in [-0.2, -0.15) is 0 Å². The zero-order valence-corrected chi connectivity index (χ0v) is 14.4. The lowest BCUT2D eigenvalue weighted by atomic mass is 10.2. The lowest BCUT2D eigenvalue weighted by molar-refractivity contribution is 0.190. The van der Waals surface area contributed by atoms with Crippen molar-refractivity contribution in [2.24, 2.45) is 0 Å². The Bertz CT molecular complexity index is 588. The standard InChI is InChI=1S/C16H25N3OS/c1-6-7-19-12(3)8-14(13(19)4)15-10-21-16(18-15)17-11(2)9-20-5/h8,10-11H,6-7,9H2,1-5H3,(H,17,18)/t11-/m1/s1. The number of ether oxygens (including phenoxy) is 1. The summed E-state index contributed by atoms with van der Waals surface area (Å²) < 4.78 is 7.51. The van der Waals surface area contributed by atoms with E-state index in [2.05, 4.69) is 49.0 Å². The maximum Gasteiger partial charge on any atom is 0.183 e. The number of nitrogens with zero attached hydrogens (tertiary/aromatic N) is 2. The van der Waals surface area contributed by atoms with Crippen molar-refractivity contribution in [1.82, 2.24) is 9.55 Å². The minimum Gasteiger partial charge on any atom is -0.383 e. The van der Waals surface area contributed by atoms with Gasteiger partial charge in [0.2, 0.25) is 0 Å². The molecule has 4 nitrogen and oxygen atoms in total. The minimum absolute atomic E-state index is 0.265. The lowest BCUT2D eigenvalue weighted by Crippen LogP contribution is -2.20. The molecule has 2 aromatic rings. The van der Waals surface area contributed by atoms with Gasteiger partial charge in [-0.25, -0.2) is 4.98 Å². The topological polar surface area (TPSA) is 39.1 Å². The Hall–Kier alpha value is -1.33. The zero-order valence-electron chi connectivity index (χ0n) is 13.6. The van der Waals surface area contributed by atoms with Crippen molar-refractivity contribution in [3.05, 3.63) is 22.8 Å². The summed E-state index contributed by atoms with van der Waals surface area (Å²) in [6, 6.07) is 2.50. The van der Waals surface area contributed by atoms with Crippen LogP contribution >= 0.6 is 11.3 Å². The zero-order chi connectivity index (χ0) is 15.4. The first-order chi connectivity index (χ1) is 10.1. The quantitative estimate of drug-likeness (QED) is 0.837. The number of aryl methyl sites for hydroxylation is 1. The highest BCUT2D eigenvalue weighted by Gasteiger charge is 2.14. The first kappa shape index (κ1) is 16.0. The Kier molecular flexibility index (Phi) is 5.42. The molecule has 116 valence electrons. The minimum atomic E-state index is 0.265. The molecular weight excluding hydrogens is 282 g/mol. The predicted molar refractivity (Wildman–Crippen MR) is 90.3 cm³/mol. The van der Waals surface area contributed by atoms with Crippen molar-refractivity contribution in [3.8, 4) is 11.3 Å². The highest BCUT2D eigenvalue weighted by molar-refractivity contribution is 7.14. The first-order valence-electron chi connectivity index (χ1n) is 7.44. The van der Waals surface area contributed by atoms with Crippen LogP contribution in [0.3, 0.4) is 0 Å². The van der Waals surface area contributed by atoms with Gasteiger partial charge in [-0.1, -0.05) is 6.92 Å². The number of nitrogens with one attached hydrogen (secondary N) is 1. The molecule has 0 aliphatic heterocycles. The maximum absolute atomic E-state index is 5.14. The summed E-state index contributed by atoms with van der Waals surface area (Å²) in [4.78, 5) is 4.72. The summed E-state index contributed by atoms with van der Waals surface area (Å²) in [5.41, 5.74) is 4.91. The number of thiazole rings is 1. The van der Waals surface area contributed by atoms with E-state index in [1.54, 1.807) is 18.4 Å². The SMILES string of the molecule is CCCn1c(C)cc(-c2csc(N[C@H](C)COC)n2)c1C. The molecule has 0 amide bonds. The Balaban J connectivity index is 2.20. The molecule has 2 rings (SSSR count). The molecule has 1 atom stereocenters. The van der Waals surface area contributed by atoms with Crippen molar-refractivity contribution in [2.45, 2.75) is 46.7 Å². The molecule has 2 aromatic heterocycles. The normalized spacial score (nSPS) is 12.6. The second-order valence-electron chi connectivity index (χ2n) is 5.48. The van der Waals surface area contributed by atoms with Gasteiger partial charge in [0.1, 0.15) is 0 Å². The highest BCUT2D eigenvalue weighted by atomic mass is 32.1. The maximum atomic E-state index is 5.14. The van der Waals surface area contributed by atoms with Crippen LogP contribution in [0, 0.1) is 13.8 Å². The number of aromatic nitrogens is 2. The molecule has 0 radical (unpaired) electrons. The van der Waals surface area contributed by atoms with E-state index >= 15 is 0 Å². The van der Waals surface area contributed by atoms with Crippen molar-refractivity contribution >= 4 is 16.5 Å². The van der Waals surface area contributed by atoms with Gasteiger partial charge < -0.3 is 14.6 Å². The van der Waals surface area contributed by atoms with Crippen LogP contribution in [-0.4, -0.2) is 29.3 Å². The number of hydrogen-bond acceptors (Lipinski definition) is 4. The van der Waals surface area contributed by atoms with Crippen molar-refractivity contribution in [1.29, 1.82) is 0 Å². The third kappa shape index (κ3) is 3.66. The Morgan fingerprint density at radius 3 is 2.86 bits per heavy atom. The van der Waals surface area contributed by atoms with Crippen LogP contribution in [0.15, 0.2) is 11.4 Å². The molecule has 2 heterocycles. The van der Waals surface area contributed by atoms with Crippen LogP contribution in [0.2, 0.25) is 0 Å².